The lowest BCUT2D eigenvalue weighted by molar-refractivity contribution is -0.120. The minimum atomic E-state index is -0.410. The molecule has 2 aromatic carbocycles. The van der Waals surface area contributed by atoms with Crippen LogP contribution in [0.15, 0.2) is 47.3 Å². The highest BCUT2D eigenvalue weighted by molar-refractivity contribution is 5.81. The summed E-state index contributed by atoms with van der Waals surface area (Å²) < 4.78 is 13.6. The van der Waals surface area contributed by atoms with Crippen LogP contribution in [0.25, 0.3) is 10.9 Å². The summed E-state index contributed by atoms with van der Waals surface area (Å²) >= 11 is 0. The third-order valence-electron chi connectivity index (χ3n) is 4.32. The number of hydrogen-bond acceptors (Lipinski definition) is 2. The van der Waals surface area contributed by atoms with Gasteiger partial charge in [0.1, 0.15) is 5.82 Å². The molecule has 0 radical (unpaired) electrons. The van der Waals surface area contributed by atoms with Crippen LogP contribution in [0, 0.1) is 19.7 Å². The van der Waals surface area contributed by atoms with E-state index in [9.17, 15) is 14.0 Å². The normalized spacial score (nSPS) is 10.8. The van der Waals surface area contributed by atoms with Crippen LogP contribution in [-0.2, 0) is 17.8 Å². The third-order valence-corrected chi connectivity index (χ3v) is 4.32. The van der Waals surface area contributed by atoms with Crippen LogP contribution in [0.3, 0.4) is 0 Å². The molecule has 4 nitrogen and oxygen atoms in total. The number of aromatic nitrogens is 1. The number of halogens is 1. The van der Waals surface area contributed by atoms with Gasteiger partial charge in [-0.1, -0.05) is 18.2 Å². The number of fused-ring (bicyclic) bond motifs is 1. The van der Waals surface area contributed by atoms with Crippen LogP contribution in [0.2, 0.25) is 0 Å². The van der Waals surface area contributed by atoms with Crippen molar-refractivity contribution in [2.45, 2.75) is 26.8 Å². The Bertz CT molecular complexity index is 1010. The number of rotatable bonds is 4. The van der Waals surface area contributed by atoms with Crippen LogP contribution in [0.5, 0.6) is 0 Å². The van der Waals surface area contributed by atoms with Gasteiger partial charge in [0.15, 0.2) is 0 Å². The van der Waals surface area contributed by atoms with E-state index in [1.807, 2.05) is 26.0 Å². The Labute approximate surface area is 144 Å². The van der Waals surface area contributed by atoms with Gasteiger partial charge in [0.25, 0.3) is 5.56 Å². The number of pyridine rings is 1. The van der Waals surface area contributed by atoms with Crippen LogP contribution < -0.4 is 10.9 Å². The number of carbonyl (C=O) groups excluding carboxylic acids is 1. The SMILES string of the molecule is Cc1cc2cc(CNC(=O)Cc3ccccc3F)c(=O)[nH]c2cc1C. The largest absolute Gasteiger partial charge is 0.352 e. The van der Waals surface area contributed by atoms with E-state index in [0.29, 0.717) is 11.1 Å². The Morgan fingerprint density at radius 1 is 1.08 bits per heavy atom. The quantitative estimate of drug-likeness (QED) is 0.768. The molecular formula is C20H19FN2O2. The van der Waals surface area contributed by atoms with E-state index in [1.165, 1.54) is 6.07 Å². The molecule has 0 atom stereocenters. The zero-order chi connectivity index (χ0) is 18.0. The van der Waals surface area contributed by atoms with Crippen LogP contribution >= 0.6 is 0 Å². The summed E-state index contributed by atoms with van der Waals surface area (Å²) in [6.07, 6.45) is -0.0591. The molecule has 25 heavy (non-hydrogen) atoms. The highest BCUT2D eigenvalue weighted by atomic mass is 19.1. The summed E-state index contributed by atoms with van der Waals surface area (Å²) in [6, 6.07) is 11.9. The third kappa shape index (κ3) is 3.76. The molecular weight excluding hydrogens is 319 g/mol. The van der Waals surface area contributed by atoms with E-state index in [4.69, 9.17) is 0 Å². The molecule has 0 bridgehead atoms. The molecule has 0 aliphatic heterocycles. The van der Waals surface area contributed by atoms with Crippen LogP contribution in [0.4, 0.5) is 4.39 Å². The van der Waals surface area contributed by atoms with Crippen molar-refractivity contribution in [3.63, 3.8) is 0 Å². The predicted octanol–water partition coefficient (Wildman–Crippen LogP) is 3.14. The second-order valence-corrected chi connectivity index (χ2v) is 6.19. The topological polar surface area (TPSA) is 62.0 Å². The van der Waals surface area contributed by atoms with Crippen molar-refractivity contribution in [1.29, 1.82) is 0 Å². The zero-order valence-electron chi connectivity index (χ0n) is 14.2. The molecule has 0 spiro atoms. The molecule has 5 heteroatoms. The van der Waals surface area contributed by atoms with Crippen LogP contribution in [0.1, 0.15) is 22.3 Å². The first kappa shape index (κ1) is 16.9. The molecule has 3 rings (SSSR count). The Morgan fingerprint density at radius 2 is 1.80 bits per heavy atom. The standard InChI is InChI=1S/C20H19FN2O2/c1-12-7-15-9-16(20(25)23-18(15)8-13(12)2)11-22-19(24)10-14-5-3-4-6-17(14)21/h3-9H,10-11H2,1-2H3,(H,22,24)(H,23,25). The Hall–Kier alpha value is -2.95. The van der Waals surface area contributed by atoms with E-state index in [0.717, 1.165) is 22.0 Å². The van der Waals surface area contributed by atoms with E-state index in [2.05, 4.69) is 10.3 Å². The number of amides is 1. The molecule has 0 saturated heterocycles. The van der Waals surface area contributed by atoms with E-state index >= 15 is 0 Å². The molecule has 0 aliphatic rings. The lowest BCUT2D eigenvalue weighted by Crippen LogP contribution is -2.28. The lowest BCUT2D eigenvalue weighted by atomic mass is 10.0. The monoisotopic (exact) mass is 338 g/mol. The van der Waals surface area contributed by atoms with Crippen molar-refractivity contribution >= 4 is 16.8 Å². The summed E-state index contributed by atoms with van der Waals surface area (Å²) in [7, 11) is 0. The maximum absolute atomic E-state index is 13.6. The summed E-state index contributed by atoms with van der Waals surface area (Å²) in [4.78, 5) is 27.1. The number of nitrogens with one attached hydrogen (secondary N) is 2. The predicted molar refractivity (Wildman–Crippen MR) is 96.0 cm³/mol. The van der Waals surface area contributed by atoms with Crippen molar-refractivity contribution in [1.82, 2.24) is 10.3 Å². The number of aromatic amines is 1. The van der Waals surface area contributed by atoms with Crippen LogP contribution in [-0.4, -0.2) is 10.9 Å². The van der Waals surface area contributed by atoms with Gasteiger partial charge in [-0.3, -0.25) is 9.59 Å². The van der Waals surface area contributed by atoms with Gasteiger partial charge in [-0.25, -0.2) is 4.39 Å². The first-order chi connectivity index (χ1) is 11.9. The lowest BCUT2D eigenvalue weighted by Gasteiger charge is -2.08. The van der Waals surface area contributed by atoms with Gasteiger partial charge in [0.05, 0.1) is 6.42 Å². The molecule has 0 unspecified atom stereocenters. The van der Waals surface area contributed by atoms with Gasteiger partial charge in [-0.05, 0) is 60.2 Å². The second kappa shape index (κ2) is 6.89. The second-order valence-electron chi connectivity index (χ2n) is 6.19. The molecule has 2 N–H and O–H groups in total. The first-order valence-corrected chi connectivity index (χ1v) is 8.07. The number of carbonyl (C=O) groups is 1. The fraction of sp³-hybridized carbons (Fsp3) is 0.200. The van der Waals surface area contributed by atoms with E-state index in [1.54, 1.807) is 24.3 Å². The maximum atomic E-state index is 13.6. The Balaban J connectivity index is 1.75. The molecule has 0 saturated carbocycles. The van der Waals surface area contributed by atoms with Crippen molar-refractivity contribution < 1.29 is 9.18 Å². The van der Waals surface area contributed by atoms with Crippen molar-refractivity contribution in [3.05, 3.63) is 80.9 Å². The summed E-state index contributed by atoms with van der Waals surface area (Å²) in [5.41, 5.74) is 3.58. The highest BCUT2D eigenvalue weighted by Crippen LogP contribution is 2.17. The fourth-order valence-corrected chi connectivity index (χ4v) is 2.72. The number of benzene rings is 2. The highest BCUT2D eigenvalue weighted by Gasteiger charge is 2.09. The van der Waals surface area contributed by atoms with Gasteiger partial charge < -0.3 is 10.3 Å². The van der Waals surface area contributed by atoms with E-state index in [-0.39, 0.29) is 24.4 Å². The smallest absolute Gasteiger partial charge is 0.253 e. The fourth-order valence-electron chi connectivity index (χ4n) is 2.72. The molecule has 3 aromatic rings. The van der Waals surface area contributed by atoms with Gasteiger partial charge >= 0.3 is 0 Å². The Kier molecular flexibility index (Phi) is 4.65. The summed E-state index contributed by atoms with van der Waals surface area (Å²) in [5.74, 6) is -0.739. The van der Waals surface area contributed by atoms with Gasteiger partial charge in [0, 0.05) is 17.6 Å². The van der Waals surface area contributed by atoms with Gasteiger partial charge in [-0.2, -0.15) is 0 Å². The molecule has 1 heterocycles. The number of hydrogen-bond donors (Lipinski definition) is 2. The van der Waals surface area contributed by atoms with Gasteiger partial charge in [-0.15, -0.1) is 0 Å². The average Bonchev–Trinajstić information content (AvgIpc) is 2.57. The maximum Gasteiger partial charge on any atom is 0.253 e. The van der Waals surface area contributed by atoms with Crippen molar-refractivity contribution in [2.75, 3.05) is 0 Å². The molecule has 1 amide bonds. The number of aryl methyl sites for hydroxylation is 2. The summed E-state index contributed by atoms with van der Waals surface area (Å²) in [6.45, 7) is 4.10. The molecule has 0 fully saturated rings. The molecule has 1 aromatic heterocycles. The minimum absolute atomic E-state index is 0.0591. The average molecular weight is 338 g/mol. The summed E-state index contributed by atoms with van der Waals surface area (Å²) in [5, 5.41) is 3.60. The van der Waals surface area contributed by atoms with Crippen molar-refractivity contribution in [2.24, 2.45) is 0 Å². The Morgan fingerprint density at radius 3 is 2.56 bits per heavy atom. The first-order valence-electron chi connectivity index (χ1n) is 8.07. The molecule has 128 valence electrons. The zero-order valence-corrected chi connectivity index (χ0v) is 14.2. The van der Waals surface area contributed by atoms with Crippen molar-refractivity contribution in [3.8, 4) is 0 Å². The van der Waals surface area contributed by atoms with E-state index < -0.39 is 5.82 Å². The van der Waals surface area contributed by atoms with Gasteiger partial charge in [0.2, 0.25) is 5.91 Å². The number of H-pyrrole nitrogens is 1. The minimum Gasteiger partial charge on any atom is -0.352 e. The molecule has 0 aliphatic carbocycles.